The minimum absolute atomic E-state index is 0.283. The van der Waals surface area contributed by atoms with Crippen LogP contribution in [0.1, 0.15) is 103 Å². The molecule has 0 fully saturated rings. The number of rotatable bonds is 22. The average Bonchev–Trinajstić information content (AvgIpc) is 2.75. The Labute approximate surface area is 183 Å². The maximum Gasteiger partial charge on any atom is 0.331 e. The van der Waals surface area contributed by atoms with Crippen molar-refractivity contribution in [1.29, 1.82) is 0 Å². The predicted molar refractivity (Wildman–Crippen MR) is 119 cm³/mol. The lowest BCUT2D eigenvalue weighted by molar-refractivity contribution is -0.140. The quantitative estimate of drug-likeness (QED) is 0.145. The third-order valence-corrected chi connectivity index (χ3v) is 4.95. The zero-order valence-corrected chi connectivity index (χ0v) is 18.8. The Hall–Kier alpha value is -1.40. The Balaban J connectivity index is 3.41. The lowest BCUT2D eigenvalue weighted by Gasteiger charge is -2.04. The molecule has 0 atom stereocenters. The fourth-order valence-electron chi connectivity index (χ4n) is 3.13. The van der Waals surface area contributed by atoms with E-state index in [-0.39, 0.29) is 13.2 Å². The van der Waals surface area contributed by atoms with Crippen molar-refractivity contribution in [3.05, 3.63) is 12.2 Å². The summed E-state index contributed by atoms with van der Waals surface area (Å²) in [4.78, 5) is 23.1. The van der Waals surface area contributed by atoms with Crippen LogP contribution in [0, 0.1) is 0 Å². The molecule has 0 saturated carbocycles. The van der Waals surface area contributed by atoms with Gasteiger partial charge in [0.15, 0.2) is 0 Å². The van der Waals surface area contributed by atoms with Gasteiger partial charge in [0, 0.05) is 25.4 Å². The molecule has 0 aliphatic heterocycles. The van der Waals surface area contributed by atoms with Crippen LogP contribution in [-0.2, 0) is 19.1 Å². The summed E-state index contributed by atoms with van der Waals surface area (Å²) in [5.74, 6) is -1.01. The number of hydrogen-bond donors (Lipinski definition) is 2. The van der Waals surface area contributed by atoms with Gasteiger partial charge in [-0.1, -0.05) is 77.0 Å². The van der Waals surface area contributed by atoms with E-state index < -0.39 is 11.9 Å². The molecule has 0 aromatic rings. The minimum Gasteiger partial charge on any atom is -0.463 e. The molecule has 0 spiro atoms. The minimum atomic E-state index is -0.503. The van der Waals surface area contributed by atoms with Gasteiger partial charge in [-0.2, -0.15) is 0 Å². The van der Waals surface area contributed by atoms with Crippen molar-refractivity contribution in [3.63, 3.8) is 0 Å². The highest BCUT2D eigenvalue weighted by molar-refractivity contribution is 5.91. The maximum absolute atomic E-state index is 11.6. The SMILES string of the molecule is O=C(/C=C/C(=O)OCCCCCCCCCCO)OCCCCCCCCCCO. The summed E-state index contributed by atoms with van der Waals surface area (Å²) in [6.07, 6.45) is 19.3. The molecule has 0 amide bonds. The fraction of sp³-hybridized carbons (Fsp3) is 0.833. The second-order valence-electron chi connectivity index (χ2n) is 7.77. The van der Waals surface area contributed by atoms with Crippen molar-refractivity contribution in [2.45, 2.75) is 103 Å². The second-order valence-corrected chi connectivity index (χ2v) is 7.77. The third kappa shape index (κ3) is 22.9. The number of hydrogen-bond acceptors (Lipinski definition) is 6. The number of carbonyl (C=O) groups is 2. The molecular formula is C24H44O6. The first-order valence-corrected chi connectivity index (χ1v) is 11.9. The molecule has 0 saturated heterocycles. The first kappa shape index (κ1) is 28.6. The first-order chi connectivity index (χ1) is 14.7. The standard InChI is InChI=1S/C24H44O6/c25-19-13-9-5-1-3-7-11-15-21-29-23(27)17-18-24(28)30-22-16-12-8-4-2-6-10-14-20-26/h17-18,25-26H,1-16,19-22H2/b18-17+. The van der Waals surface area contributed by atoms with Gasteiger partial charge in [0.25, 0.3) is 0 Å². The van der Waals surface area contributed by atoms with Crippen LogP contribution in [0.15, 0.2) is 12.2 Å². The molecule has 0 unspecified atom stereocenters. The maximum atomic E-state index is 11.6. The van der Waals surface area contributed by atoms with E-state index in [1.807, 2.05) is 0 Å². The summed E-state index contributed by atoms with van der Waals surface area (Å²) in [5, 5.41) is 17.4. The van der Waals surface area contributed by atoms with E-state index in [9.17, 15) is 9.59 Å². The van der Waals surface area contributed by atoms with E-state index in [1.54, 1.807) is 0 Å². The molecule has 0 bridgehead atoms. The molecular weight excluding hydrogens is 384 g/mol. The molecule has 0 aromatic heterocycles. The molecule has 0 heterocycles. The molecule has 30 heavy (non-hydrogen) atoms. The van der Waals surface area contributed by atoms with E-state index >= 15 is 0 Å². The van der Waals surface area contributed by atoms with E-state index in [1.165, 1.54) is 38.5 Å². The van der Waals surface area contributed by atoms with E-state index in [2.05, 4.69) is 0 Å². The van der Waals surface area contributed by atoms with Crippen LogP contribution in [-0.4, -0.2) is 48.6 Å². The molecule has 0 aromatic carbocycles. The zero-order chi connectivity index (χ0) is 22.1. The van der Waals surface area contributed by atoms with Gasteiger partial charge in [0.1, 0.15) is 0 Å². The molecule has 0 aliphatic rings. The molecule has 0 radical (unpaired) electrons. The summed E-state index contributed by atoms with van der Waals surface area (Å²) in [6, 6.07) is 0. The molecule has 0 aliphatic carbocycles. The van der Waals surface area contributed by atoms with Crippen LogP contribution < -0.4 is 0 Å². The zero-order valence-electron chi connectivity index (χ0n) is 18.8. The van der Waals surface area contributed by atoms with Gasteiger partial charge in [0.05, 0.1) is 13.2 Å². The predicted octanol–water partition coefficient (Wildman–Crippen LogP) is 4.86. The molecule has 6 nitrogen and oxygen atoms in total. The molecule has 6 heteroatoms. The largest absolute Gasteiger partial charge is 0.463 e. The normalized spacial score (nSPS) is 11.1. The topological polar surface area (TPSA) is 93.1 Å². The van der Waals surface area contributed by atoms with Crippen LogP contribution in [0.25, 0.3) is 0 Å². The summed E-state index contributed by atoms with van der Waals surface area (Å²) in [5.41, 5.74) is 0. The van der Waals surface area contributed by atoms with Crippen LogP contribution in [0.3, 0.4) is 0 Å². The van der Waals surface area contributed by atoms with Crippen molar-refractivity contribution in [3.8, 4) is 0 Å². The van der Waals surface area contributed by atoms with Gasteiger partial charge in [-0.3, -0.25) is 0 Å². The van der Waals surface area contributed by atoms with Gasteiger partial charge in [0.2, 0.25) is 0 Å². The van der Waals surface area contributed by atoms with Crippen molar-refractivity contribution in [2.24, 2.45) is 0 Å². The fourth-order valence-corrected chi connectivity index (χ4v) is 3.13. The lowest BCUT2D eigenvalue weighted by Crippen LogP contribution is -2.06. The Bertz CT molecular complexity index is 384. The van der Waals surface area contributed by atoms with Crippen LogP contribution >= 0.6 is 0 Å². The van der Waals surface area contributed by atoms with Crippen molar-refractivity contribution in [1.82, 2.24) is 0 Å². The number of ether oxygens (including phenoxy) is 2. The van der Waals surface area contributed by atoms with E-state index in [0.717, 1.165) is 76.4 Å². The summed E-state index contributed by atoms with van der Waals surface area (Å²) in [6.45, 7) is 1.32. The Morgan fingerprint density at radius 2 is 0.733 bits per heavy atom. The highest BCUT2D eigenvalue weighted by Crippen LogP contribution is 2.09. The molecule has 0 rings (SSSR count). The van der Waals surface area contributed by atoms with Gasteiger partial charge in [-0.25, -0.2) is 9.59 Å². The van der Waals surface area contributed by atoms with Crippen molar-refractivity contribution >= 4 is 11.9 Å². The van der Waals surface area contributed by atoms with Crippen molar-refractivity contribution in [2.75, 3.05) is 26.4 Å². The van der Waals surface area contributed by atoms with E-state index in [4.69, 9.17) is 19.7 Å². The van der Waals surface area contributed by atoms with Gasteiger partial charge in [-0.05, 0) is 25.7 Å². The molecule has 2 N–H and O–H groups in total. The number of aliphatic hydroxyl groups excluding tert-OH is 2. The number of unbranched alkanes of at least 4 members (excludes halogenated alkanes) is 14. The van der Waals surface area contributed by atoms with Crippen LogP contribution in [0.2, 0.25) is 0 Å². The van der Waals surface area contributed by atoms with E-state index in [0.29, 0.717) is 13.2 Å². The monoisotopic (exact) mass is 428 g/mol. The smallest absolute Gasteiger partial charge is 0.331 e. The second kappa shape index (κ2) is 23.9. The summed E-state index contributed by atoms with van der Waals surface area (Å²) >= 11 is 0. The first-order valence-electron chi connectivity index (χ1n) is 11.9. The third-order valence-electron chi connectivity index (χ3n) is 4.95. The average molecular weight is 429 g/mol. The van der Waals surface area contributed by atoms with Gasteiger partial charge in [-0.15, -0.1) is 0 Å². The Morgan fingerprint density at radius 3 is 1.03 bits per heavy atom. The molecule has 176 valence electrons. The van der Waals surface area contributed by atoms with Crippen molar-refractivity contribution < 1.29 is 29.3 Å². The number of esters is 2. The highest BCUT2D eigenvalue weighted by atomic mass is 16.5. The van der Waals surface area contributed by atoms with Gasteiger partial charge >= 0.3 is 11.9 Å². The van der Waals surface area contributed by atoms with Gasteiger partial charge < -0.3 is 19.7 Å². The summed E-state index contributed by atoms with van der Waals surface area (Å²) in [7, 11) is 0. The number of carbonyl (C=O) groups excluding carboxylic acids is 2. The van der Waals surface area contributed by atoms with Crippen LogP contribution in [0.4, 0.5) is 0 Å². The highest BCUT2D eigenvalue weighted by Gasteiger charge is 2.01. The Morgan fingerprint density at radius 1 is 0.467 bits per heavy atom. The van der Waals surface area contributed by atoms with Crippen LogP contribution in [0.5, 0.6) is 0 Å². The summed E-state index contributed by atoms with van der Waals surface area (Å²) < 4.78 is 10.2. The number of aliphatic hydroxyl groups is 2. The lowest BCUT2D eigenvalue weighted by atomic mass is 10.1. The Kier molecular flexibility index (Phi) is 22.8.